The molecule has 1 atom stereocenters. The van der Waals surface area contributed by atoms with E-state index in [2.05, 4.69) is 4.74 Å². The molecule has 0 bridgehead atoms. The fourth-order valence-electron chi connectivity index (χ4n) is 1.47. The zero-order valence-electron chi connectivity index (χ0n) is 9.83. The van der Waals surface area contributed by atoms with E-state index in [9.17, 15) is 24.1 Å². The van der Waals surface area contributed by atoms with Crippen molar-refractivity contribution >= 4 is 17.6 Å². The van der Waals surface area contributed by atoms with Crippen molar-refractivity contribution in [1.29, 1.82) is 0 Å². The van der Waals surface area contributed by atoms with Crippen molar-refractivity contribution in [2.45, 2.75) is 6.42 Å². The number of hydrogen-bond acceptors (Lipinski definition) is 5. The summed E-state index contributed by atoms with van der Waals surface area (Å²) in [6, 6.07) is 2.94. The molecule has 0 radical (unpaired) electrons. The van der Waals surface area contributed by atoms with Gasteiger partial charge in [0.2, 0.25) is 5.82 Å². The van der Waals surface area contributed by atoms with E-state index in [1.807, 2.05) is 0 Å². The van der Waals surface area contributed by atoms with Gasteiger partial charge in [0, 0.05) is 6.07 Å². The summed E-state index contributed by atoms with van der Waals surface area (Å²) in [5, 5.41) is 19.3. The number of nitro benzene ring substituents is 1. The van der Waals surface area contributed by atoms with Crippen LogP contribution in [0.3, 0.4) is 0 Å². The van der Waals surface area contributed by atoms with Crippen molar-refractivity contribution in [3.05, 3.63) is 39.7 Å². The molecular weight excluding hydrogens is 261 g/mol. The highest BCUT2D eigenvalue weighted by Gasteiger charge is 2.28. The average molecular weight is 271 g/mol. The molecule has 7 nitrogen and oxygen atoms in total. The number of ether oxygens (including phenoxy) is 1. The van der Waals surface area contributed by atoms with Crippen molar-refractivity contribution in [3.63, 3.8) is 0 Å². The fourth-order valence-corrected chi connectivity index (χ4v) is 1.47. The monoisotopic (exact) mass is 271 g/mol. The Hall–Kier alpha value is -2.51. The molecule has 0 aliphatic rings. The van der Waals surface area contributed by atoms with Gasteiger partial charge < -0.3 is 9.84 Å². The number of rotatable bonds is 5. The first-order valence-corrected chi connectivity index (χ1v) is 5.10. The maximum Gasteiger partial charge on any atom is 0.320 e. The summed E-state index contributed by atoms with van der Waals surface area (Å²) in [7, 11) is 1.04. The first-order chi connectivity index (χ1) is 8.86. The number of esters is 1. The molecule has 0 heterocycles. The quantitative estimate of drug-likeness (QED) is 0.372. The largest absolute Gasteiger partial charge is 0.481 e. The van der Waals surface area contributed by atoms with E-state index in [0.29, 0.717) is 0 Å². The van der Waals surface area contributed by atoms with Crippen molar-refractivity contribution in [3.8, 4) is 0 Å². The van der Waals surface area contributed by atoms with Gasteiger partial charge in [0.05, 0.1) is 12.0 Å². The van der Waals surface area contributed by atoms with Crippen LogP contribution in [0.25, 0.3) is 0 Å². The van der Waals surface area contributed by atoms with E-state index in [1.165, 1.54) is 6.07 Å². The predicted molar refractivity (Wildman–Crippen MR) is 59.9 cm³/mol. The predicted octanol–water partition coefficient (Wildman–Crippen LogP) is 1.15. The van der Waals surface area contributed by atoms with E-state index in [0.717, 1.165) is 19.2 Å². The first kappa shape index (κ1) is 14.6. The third kappa shape index (κ3) is 3.47. The molecule has 0 saturated heterocycles. The molecule has 0 spiro atoms. The molecule has 19 heavy (non-hydrogen) atoms. The van der Waals surface area contributed by atoms with Gasteiger partial charge in [-0.3, -0.25) is 19.7 Å². The van der Waals surface area contributed by atoms with Gasteiger partial charge in [0.15, 0.2) is 5.92 Å². The number of carboxylic acid groups (broad SMARTS) is 1. The molecular formula is C11H10FNO6. The number of carboxylic acids is 1. The van der Waals surface area contributed by atoms with Crippen LogP contribution in [0.15, 0.2) is 18.2 Å². The Balaban J connectivity index is 2.98. The summed E-state index contributed by atoms with van der Waals surface area (Å²) in [6.45, 7) is 0. The van der Waals surface area contributed by atoms with E-state index in [1.54, 1.807) is 0 Å². The number of benzene rings is 1. The Kier molecular flexibility index (Phi) is 4.51. The SMILES string of the molecule is COC(=O)C(Cc1ccc([N+](=O)[O-])c(F)c1)C(=O)O. The zero-order chi connectivity index (χ0) is 14.6. The highest BCUT2D eigenvalue weighted by molar-refractivity contribution is 5.94. The lowest BCUT2D eigenvalue weighted by Gasteiger charge is -2.09. The van der Waals surface area contributed by atoms with Crippen LogP contribution in [0.5, 0.6) is 0 Å². The number of nitro groups is 1. The van der Waals surface area contributed by atoms with Crippen molar-refractivity contribution in [2.24, 2.45) is 5.92 Å². The molecule has 1 aromatic carbocycles. The number of carbonyl (C=O) groups is 2. The van der Waals surface area contributed by atoms with E-state index < -0.39 is 34.3 Å². The third-order valence-corrected chi connectivity index (χ3v) is 2.43. The van der Waals surface area contributed by atoms with Crippen LogP contribution in [0.4, 0.5) is 10.1 Å². The van der Waals surface area contributed by atoms with Crippen molar-refractivity contribution < 1.29 is 28.7 Å². The summed E-state index contributed by atoms with van der Waals surface area (Å²) < 4.78 is 17.6. The van der Waals surface area contributed by atoms with Gasteiger partial charge in [0.1, 0.15) is 0 Å². The summed E-state index contributed by atoms with van der Waals surface area (Å²) in [6.07, 6.45) is -0.309. The molecule has 102 valence electrons. The second-order valence-electron chi connectivity index (χ2n) is 3.66. The Bertz CT molecular complexity index is 530. The highest BCUT2D eigenvalue weighted by atomic mass is 19.1. The van der Waals surface area contributed by atoms with E-state index >= 15 is 0 Å². The van der Waals surface area contributed by atoms with Gasteiger partial charge in [-0.15, -0.1) is 0 Å². The zero-order valence-corrected chi connectivity index (χ0v) is 9.83. The molecule has 1 aromatic rings. The number of hydrogen-bond donors (Lipinski definition) is 1. The fraction of sp³-hybridized carbons (Fsp3) is 0.273. The third-order valence-electron chi connectivity index (χ3n) is 2.43. The molecule has 0 saturated carbocycles. The first-order valence-electron chi connectivity index (χ1n) is 5.10. The van der Waals surface area contributed by atoms with E-state index in [-0.39, 0.29) is 12.0 Å². The van der Waals surface area contributed by atoms with Crippen LogP contribution in [0.1, 0.15) is 5.56 Å². The van der Waals surface area contributed by atoms with Crippen LogP contribution in [-0.4, -0.2) is 29.1 Å². The van der Waals surface area contributed by atoms with Gasteiger partial charge in [-0.2, -0.15) is 4.39 Å². The molecule has 0 fully saturated rings. The van der Waals surface area contributed by atoms with Gasteiger partial charge in [-0.05, 0) is 18.1 Å². The average Bonchev–Trinajstić information content (AvgIpc) is 2.34. The van der Waals surface area contributed by atoms with Gasteiger partial charge in [-0.25, -0.2) is 0 Å². The Morgan fingerprint density at radius 1 is 1.53 bits per heavy atom. The smallest absolute Gasteiger partial charge is 0.320 e. The van der Waals surface area contributed by atoms with Crippen molar-refractivity contribution in [2.75, 3.05) is 7.11 Å². The minimum atomic E-state index is -1.48. The minimum absolute atomic E-state index is 0.154. The maximum atomic E-state index is 13.3. The summed E-state index contributed by atoms with van der Waals surface area (Å²) in [5.41, 5.74) is -0.561. The molecule has 0 amide bonds. The lowest BCUT2D eigenvalue weighted by atomic mass is 9.99. The molecule has 8 heteroatoms. The number of nitrogens with zero attached hydrogens (tertiary/aromatic N) is 1. The van der Waals surface area contributed by atoms with Crippen molar-refractivity contribution in [1.82, 2.24) is 0 Å². The standard InChI is InChI=1S/C11H10FNO6/c1-19-11(16)7(10(14)15)4-6-2-3-9(13(17)18)8(12)5-6/h2-3,5,7H,4H2,1H3,(H,14,15). The Morgan fingerprint density at radius 2 is 2.16 bits per heavy atom. The normalized spacial score (nSPS) is 11.7. The number of methoxy groups -OCH3 is 1. The lowest BCUT2D eigenvalue weighted by Crippen LogP contribution is -2.27. The Labute approximate surface area is 106 Å². The van der Waals surface area contributed by atoms with Gasteiger partial charge in [-0.1, -0.05) is 6.07 Å². The maximum absolute atomic E-state index is 13.3. The molecule has 0 aliphatic heterocycles. The number of carbonyl (C=O) groups excluding carboxylic acids is 1. The number of halogens is 1. The van der Waals surface area contributed by atoms with Gasteiger partial charge in [0.25, 0.3) is 0 Å². The molecule has 0 aliphatic carbocycles. The summed E-state index contributed by atoms with van der Waals surface area (Å²) >= 11 is 0. The second kappa shape index (κ2) is 5.89. The van der Waals surface area contributed by atoms with Gasteiger partial charge >= 0.3 is 17.6 Å². The molecule has 1 N–H and O–H groups in total. The number of aliphatic carboxylic acids is 1. The minimum Gasteiger partial charge on any atom is -0.481 e. The molecule has 1 rings (SSSR count). The van der Waals surface area contributed by atoms with Crippen LogP contribution >= 0.6 is 0 Å². The second-order valence-corrected chi connectivity index (χ2v) is 3.66. The molecule has 0 aromatic heterocycles. The van der Waals surface area contributed by atoms with Crippen LogP contribution in [0.2, 0.25) is 0 Å². The molecule has 1 unspecified atom stereocenters. The van der Waals surface area contributed by atoms with Crippen LogP contribution in [-0.2, 0) is 20.7 Å². The van der Waals surface area contributed by atoms with E-state index in [4.69, 9.17) is 5.11 Å². The lowest BCUT2D eigenvalue weighted by molar-refractivity contribution is -0.387. The highest BCUT2D eigenvalue weighted by Crippen LogP contribution is 2.20. The summed E-state index contributed by atoms with van der Waals surface area (Å²) in [4.78, 5) is 31.6. The van der Waals surface area contributed by atoms with Crippen LogP contribution < -0.4 is 0 Å². The summed E-state index contributed by atoms with van der Waals surface area (Å²) in [5.74, 6) is -4.95. The topological polar surface area (TPSA) is 107 Å². The van der Waals surface area contributed by atoms with Crippen LogP contribution in [0, 0.1) is 21.8 Å². The Morgan fingerprint density at radius 3 is 2.58 bits per heavy atom.